The molecule has 4 heterocycles. The van der Waals surface area contributed by atoms with Gasteiger partial charge in [0.15, 0.2) is 12.4 Å². The van der Waals surface area contributed by atoms with E-state index in [1.807, 2.05) is 56.3 Å². The number of carbonyl (C=O) groups excluding carboxylic acids is 1. The van der Waals surface area contributed by atoms with E-state index in [0.717, 1.165) is 53.5 Å². The highest BCUT2D eigenvalue weighted by molar-refractivity contribution is 7.86. The van der Waals surface area contributed by atoms with Crippen LogP contribution in [0.15, 0.2) is 90.5 Å². The third-order valence-electron chi connectivity index (χ3n) is 9.53. The average molecular weight is 598 g/mol. The maximum Gasteiger partial charge on any atom is 0.297 e. The van der Waals surface area contributed by atoms with Crippen LogP contribution >= 0.6 is 0 Å². The third-order valence-corrected chi connectivity index (χ3v) is 10.8. The number of fused-ring (bicyclic) bond motifs is 4. The van der Waals surface area contributed by atoms with Crippen molar-refractivity contribution >= 4 is 27.3 Å². The minimum atomic E-state index is -4.15. The van der Waals surface area contributed by atoms with E-state index in [0.29, 0.717) is 28.8 Å². The molecule has 0 spiro atoms. The Balaban J connectivity index is 1.52. The molecule has 3 aliphatic heterocycles. The molecule has 0 aliphatic carbocycles. The summed E-state index contributed by atoms with van der Waals surface area (Å²) in [5.74, 6) is 0.556. The van der Waals surface area contributed by atoms with Crippen LogP contribution in [-0.2, 0) is 20.8 Å². The molecule has 7 rings (SSSR count). The molecule has 3 saturated heterocycles. The van der Waals surface area contributed by atoms with E-state index in [1.165, 1.54) is 0 Å². The molecule has 7 nitrogen and oxygen atoms in total. The number of hydrogen-bond acceptors (Lipinski definition) is 6. The number of carbonyl (C=O) groups is 1. The fourth-order valence-electron chi connectivity index (χ4n) is 7.38. The molecule has 0 amide bonds. The van der Waals surface area contributed by atoms with Gasteiger partial charge in [-0.3, -0.25) is 14.0 Å². The lowest BCUT2D eigenvalue weighted by atomic mass is 9.71. The van der Waals surface area contributed by atoms with Crippen LogP contribution < -0.4 is 0 Å². The Morgan fingerprint density at radius 3 is 2.60 bits per heavy atom. The van der Waals surface area contributed by atoms with Crippen LogP contribution in [-0.4, -0.2) is 48.4 Å². The molecule has 1 aromatic heterocycles. The molecule has 222 valence electrons. The number of benzene rings is 3. The number of aromatic hydroxyl groups is 1. The van der Waals surface area contributed by atoms with E-state index in [9.17, 15) is 18.3 Å². The Morgan fingerprint density at radius 1 is 1.09 bits per heavy atom. The first kappa shape index (κ1) is 29.2. The zero-order valence-electron chi connectivity index (χ0n) is 24.5. The van der Waals surface area contributed by atoms with Gasteiger partial charge in [0, 0.05) is 35.9 Å². The Bertz CT molecular complexity index is 1800. The van der Waals surface area contributed by atoms with Crippen LogP contribution in [0, 0.1) is 25.7 Å². The van der Waals surface area contributed by atoms with Gasteiger partial charge in [-0.05, 0) is 67.3 Å². The van der Waals surface area contributed by atoms with Crippen molar-refractivity contribution < 1.29 is 27.0 Å². The molecular formula is C35H37N2O5S+. The molecule has 8 heteroatoms. The Labute approximate surface area is 253 Å². The van der Waals surface area contributed by atoms with Gasteiger partial charge >= 0.3 is 0 Å². The van der Waals surface area contributed by atoms with E-state index < -0.39 is 16.2 Å². The molecular weight excluding hydrogens is 560 g/mol. The van der Waals surface area contributed by atoms with Gasteiger partial charge in [0.1, 0.15) is 18.3 Å². The van der Waals surface area contributed by atoms with Crippen molar-refractivity contribution in [3.8, 4) is 5.75 Å². The normalized spacial score (nSPS) is 24.1. The number of aromatic nitrogens is 1. The maximum absolute atomic E-state index is 13.9. The van der Waals surface area contributed by atoms with Crippen molar-refractivity contribution in [2.24, 2.45) is 11.8 Å². The number of hydrogen-bond donors (Lipinski definition) is 1. The molecule has 5 atom stereocenters. The van der Waals surface area contributed by atoms with Crippen LogP contribution in [0.3, 0.4) is 0 Å². The highest BCUT2D eigenvalue weighted by Crippen LogP contribution is 2.50. The van der Waals surface area contributed by atoms with E-state index in [2.05, 4.69) is 11.6 Å². The summed E-state index contributed by atoms with van der Waals surface area (Å²) in [6.45, 7) is 9.91. The lowest BCUT2D eigenvalue weighted by Crippen LogP contribution is -2.67. The average Bonchev–Trinajstić information content (AvgIpc) is 3.01. The first-order chi connectivity index (χ1) is 20.6. The van der Waals surface area contributed by atoms with E-state index in [4.69, 9.17) is 4.18 Å². The third kappa shape index (κ3) is 5.39. The summed E-state index contributed by atoms with van der Waals surface area (Å²) in [5.41, 5.74) is 4.31. The fraction of sp³-hybridized carbons (Fsp3) is 0.314. The second-order valence-corrected chi connectivity index (χ2v) is 13.8. The zero-order valence-corrected chi connectivity index (χ0v) is 25.3. The lowest BCUT2D eigenvalue weighted by molar-refractivity contribution is -0.984. The molecule has 4 aromatic rings. The summed E-state index contributed by atoms with van der Waals surface area (Å²) in [5, 5.41) is 12.0. The lowest BCUT2D eigenvalue weighted by Gasteiger charge is -2.58. The van der Waals surface area contributed by atoms with Gasteiger partial charge in [-0.2, -0.15) is 8.42 Å². The van der Waals surface area contributed by atoms with Crippen LogP contribution in [0.4, 0.5) is 0 Å². The summed E-state index contributed by atoms with van der Waals surface area (Å²) in [4.78, 5) is 16.5. The second-order valence-electron chi connectivity index (χ2n) is 12.2. The van der Waals surface area contributed by atoms with E-state index >= 15 is 0 Å². The van der Waals surface area contributed by atoms with Gasteiger partial charge in [0.05, 0.1) is 29.1 Å². The van der Waals surface area contributed by atoms with E-state index in [-0.39, 0.29) is 28.2 Å². The maximum atomic E-state index is 13.9. The molecule has 0 unspecified atom stereocenters. The van der Waals surface area contributed by atoms with Crippen molar-refractivity contribution in [3.63, 3.8) is 0 Å². The van der Waals surface area contributed by atoms with Gasteiger partial charge in [-0.15, -0.1) is 6.58 Å². The SMILES string of the molecule is C=C[C@H]1C[N@+]2(Cc3cc(C)cc(C=O)c3O)CC[C@H]1C[C@@H]2[C@@H](OS(=O)(=O)c1ccc(C)cc1)c1ccnc2ccccc12. The first-order valence-corrected chi connectivity index (χ1v) is 16.1. The topological polar surface area (TPSA) is 93.6 Å². The first-order valence-electron chi connectivity index (χ1n) is 14.7. The van der Waals surface area contributed by atoms with Gasteiger partial charge < -0.3 is 9.59 Å². The monoisotopic (exact) mass is 597 g/mol. The van der Waals surface area contributed by atoms with Gasteiger partial charge in [-0.25, -0.2) is 0 Å². The van der Waals surface area contributed by atoms with Crippen molar-refractivity contribution in [3.05, 3.63) is 113 Å². The number of quaternary nitrogens is 1. The van der Waals surface area contributed by atoms with Gasteiger partial charge in [0.25, 0.3) is 10.1 Å². The molecule has 3 aliphatic rings. The predicted molar refractivity (Wildman–Crippen MR) is 166 cm³/mol. The number of piperidine rings is 3. The summed E-state index contributed by atoms with van der Waals surface area (Å²) >= 11 is 0. The number of phenolic OH excluding ortho intramolecular Hbond substituents is 1. The second kappa shape index (κ2) is 11.3. The van der Waals surface area contributed by atoms with Crippen molar-refractivity contribution in [2.45, 2.75) is 50.3 Å². The minimum absolute atomic E-state index is 0.0196. The fourth-order valence-corrected chi connectivity index (χ4v) is 8.47. The Hall–Kier alpha value is -3.85. The quantitative estimate of drug-likeness (QED) is 0.103. The standard InChI is InChI=1S/C35H36N2O5S/c1-4-25-20-37(21-27-17-24(3)18-28(22-38)34(27)39)16-14-26(25)19-33(37)35(31-13-15-36-32-8-6-5-7-30(31)32)42-43(40,41)29-11-9-23(2)10-12-29/h4-13,15,17-18,22,25-26,33,35H,1,14,16,19-21H2,2-3H3/p+1/t25-,26-,33+,35-,37-/m0/s1. The van der Waals surface area contributed by atoms with Crippen LogP contribution in [0.25, 0.3) is 10.9 Å². The number of para-hydroxylation sites is 1. The summed E-state index contributed by atoms with van der Waals surface area (Å²) in [6.07, 6.45) is 5.28. The van der Waals surface area contributed by atoms with Crippen molar-refractivity contribution in [1.29, 1.82) is 0 Å². The molecule has 3 fully saturated rings. The van der Waals surface area contributed by atoms with Crippen LogP contribution in [0.2, 0.25) is 0 Å². The zero-order chi connectivity index (χ0) is 30.4. The highest BCUT2D eigenvalue weighted by Gasteiger charge is 2.55. The number of phenols is 1. The van der Waals surface area contributed by atoms with Crippen LogP contribution in [0.5, 0.6) is 5.75 Å². The molecule has 0 saturated carbocycles. The number of aldehydes is 1. The minimum Gasteiger partial charge on any atom is -0.507 e. The number of aryl methyl sites for hydroxylation is 2. The Morgan fingerprint density at radius 2 is 1.86 bits per heavy atom. The smallest absolute Gasteiger partial charge is 0.297 e. The summed E-state index contributed by atoms with van der Waals surface area (Å²) < 4.78 is 34.7. The number of pyridine rings is 1. The molecule has 3 aromatic carbocycles. The Kier molecular flexibility index (Phi) is 7.71. The molecule has 43 heavy (non-hydrogen) atoms. The molecule has 2 bridgehead atoms. The number of nitrogens with zero attached hydrogens (tertiary/aromatic N) is 2. The summed E-state index contributed by atoms with van der Waals surface area (Å²) in [7, 11) is -4.15. The largest absolute Gasteiger partial charge is 0.507 e. The van der Waals surface area contributed by atoms with Gasteiger partial charge in [0.2, 0.25) is 0 Å². The summed E-state index contributed by atoms with van der Waals surface area (Å²) in [6, 6.07) is 19.7. The predicted octanol–water partition coefficient (Wildman–Crippen LogP) is 6.43. The van der Waals surface area contributed by atoms with Crippen molar-refractivity contribution in [1.82, 2.24) is 4.98 Å². The van der Waals surface area contributed by atoms with Crippen molar-refractivity contribution in [2.75, 3.05) is 13.1 Å². The van der Waals surface area contributed by atoms with Crippen LogP contribution in [0.1, 0.15) is 51.6 Å². The van der Waals surface area contributed by atoms with E-state index in [1.54, 1.807) is 36.5 Å². The molecule has 0 radical (unpaired) electrons. The number of rotatable bonds is 9. The van der Waals surface area contributed by atoms with Gasteiger partial charge in [-0.1, -0.05) is 42.0 Å². The highest BCUT2D eigenvalue weighted by atomic mass is 32.2. The molecule has 1 N–H and O–H groups in total.